The molecule has 1 N–H and O–H groups in total. The van der Waals surface area contributed by atoms with Crippen molar-refractivity contribution in [2.75, 3.05) is 0 Å². The van der Waals surface area contributed by atoms with Crippen LogP contribution in [-0.2, 0) is 16.6 Å². The van der Waals surface area contributed by atoms with Gasteiger partial charge in [0.15, 0.2) is 0 Å². The van der Waals surface area contributed by atoms with Gasteiger partial charge in [0.05, 0.1) is 5.41 Å². The molecule has 1 aromatic carbocycles. The van der Waals surface area contributed by atoms with Crippen LogP contribution in [0.2, 0.25) is 0 Å². The Balaban J connectivity index is 2.08. The average Bonchev–Trinajstić information content (AvgIpc) is 2.46. The summed E-state index contributed by atoms with van der Waals surface area (Å²) in [6, 6.07) is 6.92. The van der Waals surface area contributed by atoms with Crippen LogP contribution in [-0.4, -0.2) is 11.1 Å². The Bertz CT molecular complexity index is 604. The molecule has 120 valence electrons. The maximum Gasteiger partial charge on any atom is 0.309 e. The maximum atomic E-state index is 11.9. The van der Waals surface area contributed by atoms with E-state index in [1.807, 2.05) is 6.92 Å². The Kier molecular flexibility index (Phi) is 3.62. The van der Waals surface area contributed by atoms with E-state index in [1.54, 1.807) is 0 Å². The third-order valence-corrected chi connectivity index (χ3v) is 6.53. The topological polar surface area (TPSA) is 37.3 Å². The molecule has 2 nitrogen and oxygen atoms in total. The molecule has 0 radical (unpaired) electrons. The fraction of sp³-hybridized carbons (Fsp3) is 0.650. The van der Waals surface area contributed by atoms with E-state index in [0.717, 1.165) is 32.1 Å². The van der Waals surface area contributed by atoms with Gasteiger partial charge in [-0.05, 0) is 66.5 Å². The second-order valence-corrected chi connectivity index (χ2v) is 8.16. The van der Waals surface area contributed by atoms with Crippen LogP contribution in [0.5, 0.6) is 0 Å². The first-order valence-corrected chi connectivity index (χ1v) is 8.66. The molecule has 0 spiro atoms. The third-order valence-electron chi connectivity index (χ3n) is 6.53. The average molecular weight is 300 g/mol. The molecule has 3 rings (SSSR count). The summed E-state index contributed by atoms with van der Waals surface area (Å²) in [6.07, 6.45) is 4.99. The van der Waals surface area contributed by atoms with Gasteiger partial charge >= 0.3 is 5.97 Å². The Morgan fingerprint density at radius 3 is 2.64 bits per heavy atom. The molecule has 0 bridgehead atoms. The molecule has 0 aliphatic heterocycles. The first-order chi connectivity index (χ1) is 10.3. The van der Waals surface area contributed by atoms with E-state index in [-0.39, 0.29) is 11.3 Å². The van der Waals surface area contributed by atoms with Gasteiger partial charge in [-0.25, -0.2) is 0 Å². The van der Waals surface area contributed by atoms with Crippen molar-refractivity contribution in [3.05, 3.63) is 34.9 Å². The fourth-order valence-corrected chi connectivity index (χ4v) is 5.13. The largest absolute Gasteiger partial charge is 0.481 e. The van der Waals surface area contributed by atoms with E-state index >= 15 is 0 Å². The van der Waals surface area contributed by atoms with Crippen molar-refractivity contribution >= 4 is 5.97 Å². The second-order valence-electron chi connectivity index (χ2n) is 8.16. The van der Waals surface area contributed by atoms with Gasteiger partial charge in [-0.15, -0.1) is 0 Å². The summed E-state index contributed by atoms with van der Waals surface area (Å²) in [6.45, 7) is 8.75. The summed E-state index contributed by atoms with van der Waals surface area (Å²) in [7, 11) is 0. The summed E-state index contributed by atoms with van der Waals surface area (Å²) >= 11 is 0. The summed E-state index contributed by atoms with van der Waals surface area (Å²) in [5, 5.41) is 9.82. The second kappa shape index (κ2) is 5.11. The highest BCUT2D eigenvalue weighted by atomic mass is 16.4. The van der Waals surface area contributed by atoms with Crippen molar-refractivity contribution in [3.63, 3.8) is 0 Å². The number of hydrogen-bond donors (Lipinski definition) is 1. The molecule has 1 fully saturated rings. The normalized spacial score (nSPS) is 34.1. The fourth-order valence-electron chi connectivity index (χ4n) is 5.13. The molecular weight excluding hydrogens is 272 g/mol. The van der Waals surface area contributed by atoms with Crippen LogP contribution in [0, 0.1) is 11.3 Å². The van der Waals surface area contributed by atoms with E-state index in [9.17, 15) is 9.90 Å². The van der Waals surface area contributed by atoms with Gasteiger partial charge in [-0.3, -0.25) is 4.79 Å². The molecule has 3 atom stereocenters. The summed E-state index contributed by atoms with van der Waals surface area (Å²) in [4.78, 5) is 11.9. The van der Waals surface area contributed by atoms with Crippen LogP contribution in [0.15, 0.2) is 18.2 Å². The standard InChI is InChI=1S/C20H28O2/c1-13(2)14-6-8-16-15(12-14)7-9-17-19(16,3)10-5-11-20(17,4)18(21)22/h6,8,12-13,17H,5,7,9-11H2,1-4H3,(H,21,22)/t17?,19-,20+/m1/s1. The van der Waals surface area contributed by atoms with Gasteiger partial charge in [-0.1, -0.05) is 45.4 Å². The van der Waals surface area contributed by atoms with Crippen molar-refractivity contribution in [1.29, 1.82) is 0 Å². The van der Waals surface area contributed by atoms with Gasteiger partial charge in [0, 0.05) is 0 Å². The van der Waals surface area contributed by atoms with Crippen LogP contribution < -0.4 is 0 Å². The first kappa shape index (κ1) is 15.6. The van der Waals surface area contributed by atoms with Crippen LogP contribution in [0.1, 0.15) is 76.0 Å². The molecule has 22 heavy (non-hydrogen) atoms. The van der Waals surface area contributed by atoms with Gasteiger partial charge in [0.2, 0.25) is 0 Å². The quantitative estimate of drug-likeness (QED) is 0.843. The minimum absolute atomic E-state index is 0.0223. The number of hydrogen-bond acceptors (Lipinski definition) is 1. The molecule has 0 aromatic heterocycles. The van der Waals surface area contributed by atoms with E-state index < -0.39 is 11.4 Å². The monoisotopic (exact) mass is 300 g/mol. The Morgan fingerprint density at radius 2 is 2.00 bits per heavy atom. The van der Waals surface area contributed by atoms with Gasteiger partial charge in [0.25, 0.3) is 0 Å². The highest BCUT2D eigenvalue weighted by molar-refractivity contribution is 5.75. The Hall–Kier alpha value is -1.31. The lowest BCUT2D eigenvalue weighted by Gasteiger charge is -2.53. The predicted octanol–water partition coefficient (Wildman–Crippen LogP) is 4.90. The predicted molar refractivity (Wildman–Crippen MR) is 89.3 cm³/mol. The zero-order valence-corrected chi connectivity index (χ0v) is 14.3. The van der Waals surface area contributed by atoms with Crippen molar-refractivity contribution in [1.82, 2.24) is 0 Å². The van der Waals surface area contributed by atoms with E-state index in [1.165, 1.54) is 16.7 Å². The number of rotatable bonds is 2. The minimum Gasteiger partial charge on any atom is -0.481 e. The number of benzene rings is 1. The van der Waals surface area contributed by atoms with Crippen LogP contribution in [0.4, 0.5) is 0 Å². The summed E-state index contributed by atoms with van der Waals surface area (Å²) in [5.41, 5.74) is 3.73. The lowest BCUT2D eigenvalue weighted by molar-refractivity contribution is -0.157. The van der Waals surface area contributed by atoms with Crippen LogP contribution in [0.25, 0.3) is 0 Å². The minimum atomic E-state index is -0.606. The maximum absolute atomic E-state index is 11.9. The molecule has 1 aromatic rings. The van der Waals surface area contributed by atoms with Crippen molar-refractivity contribution in [3.8, 4) is 0 Å². The molecule has 2 aliphatic rings. The highest BCUT2D eigenvalue weighted by Gasteiger charge is 2.55. The van der Waals surface area contributed by atoms with E-state index in [2.05, 4.69) is 39.0 Å². The van der Waals surface area contributed by atoms with Gasteiger partial charge in [0.1, 0.15) is 0 Å². The molecule has 2 aliphatic carbocycles. The lowest BCUT2D eigenvalue weighted by atomic mass is 9.50. The number of aliphatic carboxylic acids is 1. The molecular formula is C20H28O2. The van der Waals surface area contributed by atoms with Gasteiger partial charge < -0.3 is 5.11 Å². The molecule has 2 heteroatoms. The molecule has 0 heterocycles. The number of carbonyl (C=O) groups is 1. The zero-order chi connectivity index (χ0) is 16.1. The number of fused-ring (bicyclic) bond motifs is 3. The molecule has 1 saturated carbocycles. The number of aryl methyl sites for hydroxylation is 1. The summed E-state index contributed by atoms with van der Waals surface area (Å²) in [5.74, 6) is 0.195. The third kappa shape index (κ3) is 2.11. The van der Waals surface area contributed by atoms with E-state index in [4.69, 9.17) is 0 Å². The smallest absolute Gasteiger partial charge is 0.309 e. The van der Waals surface area contributed by atoms with Crippen LogP contribution >= 0.6 is 0 Å². The van der Waals surface area contributed by atoms with Crippen LogP contribution in [0.3, 0.4) is 0 Å². The Morgan fingerprint density at radius 1 is 1.27 bits per heavy atom. The van der Waals surface area contributed by atoms with Gasteiger partial charge in [-0.2, -0.15) is 0 Å². The van der Waals surface area contributed by atoms with Crippen molar-refractivity contribution in [2.24, 2.45) is 11.3 Å². The summed E-state index contributed by atoms with van der Waals surface area (Å²) < 4.78 is 0. The lowest BCUT2D eigenvalue weighted by Crippen LogP contribution is -2.52. The highest BCUT2D eigenvalue weighted by Crippen LogP contribution is 2.57. The molecule has 0 saturated heterocycles. The number of carboxylic acid groups (broad SMARTS) is 1. The Labute approximate surface area is 133 Å². The molecule has 0 amide bonds. The SMILES string of the molecule is CC(C)c1ccc2c(c1)CCC1[C@@](C)(C(=O)O)CCC[C@]21C. The zero-order valence-electron chi connectivity index (χ0n) is 14.3. The molecule has 1 unspecified atom stereocenters. The van der Waals surface area contributed by atoms with Crippen molar-refractivity contribution in [2.45, 2.75) is 71.1 Å². The van der Waals surface area contributed by atoms with Crippen molar-refractivity contribution < 1.29 is 9.90 Å². The van der Waals surface area contributed by atoms with E-state index in [0.29, 0.717) is 5.92 Å². The number of carboxylic acids is 1. The first-order valence-electron chi connectivity index (χ1n) is 8.66.